The van der Waals surface area contributed by atoms with Gasteiger partial charge < -0.3 is 10.2 Å². The van der Waals surface area contributed by atoms with Gasteiger partial charge in [-0.2, -0.15) is 0 Å². The normalized spacial score (nSPS) is 20.9. The molecule has 2 aliphatic heterocycles. The number of rotatable bonds is 6. The lowest BCUT2D eigenvalue weighted by Gasteiger charge is -2.43. The smallest absolute Gasteiger partial charge is 0.253 e. The molecule has 0 radical (unpaired) electrons. The van der Waals surface area contributed by atoms with Gasteiger partial charge in [-0.05, 0) is 62.5 Å². The van der Waals surface area contributed by atoms with Crippen molar-refractivity contribution in [1.82, 2.24) is 20.1 Å². The van der Waals surface area contributed by atoms with E-state index < -0.39 is 0 Å². The van der Waals surface area contributed by atoms with E-state index in [1.807, 2.05) is 12.1 Å². The minimum Gasteiger partial charge on any atom is -0.353 e. The molecule has 1 aromatic heterocycles. The first-order valence-corrected chi connectivity index (χ1v) is 13.7. The van der Waals surface area contributed by atoms with Crippen molar-refractivity contribution in [3.05, 3.63) is 57.7 Å². The predicted octanol–water partition coefficient (Wildman–Crippen LogP) is 4.85. The number of benzene rings is 1. The van der Waals surface area contributed by atoms with Crippen molar-refractivity contribution in [3.8, 4) is 0 Å². The standard InChI is InChI=1S/C27H35Cl2N5O/c28-22-7-5-20(6-8-22)19-32-11-9-24(10-12-32)33-13-15-34(16-14-33)26-25(29)17-21(18-30-26)27(35)31-23-3-1-2-4-23/h5-8,17-18,23-24H,1-4,9-16,19H2,(H,31,35). The van der Waals surface area contributed by atoms with E-state index >= 15 is 0 Å². The number of amides is 1. The summed E-state index contributed by atoms with van der Waals surface area (Å²) in [5.74, 6) is 0.728. The van der Waals surface area contributed by atoms with Crippen molar-refractivity contribution < 1.29 is 4.79 Å². The van der Waals surface area contributed by atoms with Gasteiger partial charge in [0.25, 0.3) is 5.91 Å². The van der Waals surface area contributed by atoms with E-state index in [4.69, 9.17) is 23.2 Å². The number of nitrogens with one attached hydrogen (secondary N) is 1. The summed E-state index contributed by atoms with van der Waals surface area (Å²) in [5.41, 5.74) is 1.88. The third-order valence-electron chi connectivity index (χ3n) is 7.78. The second-order valence-corrected chi connectivity index (χ2v) is 11.0. The van der Waals surface area contributed by atoms with Crippen LogP contribution in [0.25, 0.3) is 0 Å². The molecule has 0 atom stereocenters. The SMILES string of the molecule is O=C(NC1CCCC1)c1cnc(N2CCN(C3CCN(Cc4ccc(Cl)cc4)CC3)CC2)c(Cl)c1. The zero-order valence-electron chi connectivity index (χ0n) is 20.3. The highest BCUT2D eigenvalue weighted by molar-refractivity contribution is 6.33. The number of piperidine rings is 1. The Morgan fingerprint density at radius 3 is 2.29 bits per heavy atom. The van der Waals surface area contributed by atoms with Gasteiger partial charge in [-0.25, -0.2) is 4.98 Å². The molecule has 188 valence electrons. The van der Waals surface area contributed by atoms with Crippen LogP contribution in [-0.2, 0) is 6.54 Å². The molecule has 1 aliphatic carbocycles. The number of likely N-dealkylation sites (tertiary alicyclic amines) is 1. The molecular weight excluding hydrogens is 481 g/mol. The highest BCUT2D eigenvalue weighted by Gasteiger charge is 2.29. The predicted molar refractivity (Wildman–Crippen MR) is 143 cm³/mol. The molecule has 2 saturated heterocycles. The molecule has 35 heavy (non-hydrogen) atoms. The first kappa shape index (κ1) is 24.8. The highest BCUT2D eigenvalue weighted by Crippen LogP contribution is 2.27. The Hall–Kier alpha value is -1.86. The van der Waals surface area contributed by atoms with Crippen LogP contribution in [0, 0.1) is 0 Å². The lowest BCUT2D eigenvalue weighted by Crippen LogP contribution is -2.53. The zero-order valence-corrected chi connectivity index (χ0v) is 21.8. The van der Waals surface area contributed by atoms with Gasteiger partial charge in [0.1, 0.15) is 5.82 Å². The Bertz CT molecular complexity index is 995. The summed E-state index contributed by atoms with van der Waals surface area (Å²) in [6.07, 6.45) is 8.60. The molecule has 1 N–H and O–H groups in total. The summed E-state index contributed by atoms with van der Waals surface area (Å²) >= 11 is 12.6. The Labute approximate surface area is 218 Å². The molecular formula is C27H35Cl2N5O. The largest absolute Gasteiger partial charge is 0.353 e. The average Bonchev–Trinajstić information content (AvgIpc) is 3.39. The average molecular weight is 517 g/mol. The molecule has 3 fully saturated rings. The minimum absolute atomic E-state index is 0.0647. The van der Waals surface area contributed by atoms with Crippen molar-refractivity contribution in [3.63, 3.8) is 0 Å². The van der Waals surface area contributed by atoms with E-state index in [-0.39, 0.29) is 5.91 Å². The van der Waals surface area contributed by atoms with Gasteiger partial charge in [-0.3, -0.25) is 14.6 Å². The maximum atomic E-state index is 12.6. The lowest BCUT2D eigenvalue weighted by molar-refractivity contribution is 0.0937. The Morgan fingerprint density at radius 2 is 1.63 bits per heavy atom. The first-order valence-electron chi connectivity index (χ1n) is 13.0. The van der Waals surface area contributed by atoms with Crippen molar-refractivity contribution in [2.45, 2.75) is 57.2 Å². The number of anilines is 1. The molecule has 6 nitrogen and oxygen atoms in total. The van der Waals surface area contributed by atoms with Crippen molar-refractivity contribution >= 4 is 34.9 Å². The van der Waals surface area contributed by atoms with Crippen LogP contribution in [0.4, 0.5) is 5.82 Å². The summed E-state index contributed by atoms with van der Waals surface area (Å²) in [6, 6.07) is 10.9. The van der Waals surface area contributed by atoms with Crippen LogP contribution in [0.5, 0.6) is 0 Å². The van der Waals surface area contributed by atoms with Crippen molar-refractivity contribution in [1.29, 1.82) is 0 Å². The summed E-state index contributed by atoms with van der Waals surface area (Å²) in [5, 5.41) is 4.47. The fourth-order valence-electron chi connectivity index (χ4n) is 5.72. The summed E-state index contributed by atoms with van der Waals surface area (Å²) in [4.78, 5) is 24.6. The fourth-order valence-corrected chi connectivity index (χ4v) is 6.13. The number of carbonyl (C=O) groups excluding carboxylic acids is 1. The number of halogens is 2. The highest BCUT2D eigenvalue weighted by atomic mass is 35.5. The third-order valence-corrected chi connectivity index (χ3v) is 8.31. The topological polar surface area (TPSA) is 51.7 Å². The number of hydrogen-bond donors (Lipinski definition) is 1. The lowest BCUT2D eigenvalue weighted by atomic mass is 10.0. The summed E-state index contributed by atoms with van der Waals surface area (Å²) in [7, 11) is 0. The summed E-state index contributed by atoms with van der Waals surface area (Å²) in [6.45, 7) is 7.11. The van der Waals surface area contributed by atoms with Crippen LogP contribution in [0.15, 0.2) is 36.5 Å². The molecule has 0 bridgehead atoms. The van der Waals surface area contributed by atoms with E-state index in [1.54, 1.807) is 12.3 Å². The first-order chi connectivity index (χ1) is 17.0. The van der Waals surface area contributed by atoms with Gasteiger partial charge in [-0.15, -0.1) is 0 Å². The van der Waals surface area contributed by atoms with Crippen LogP contribution >= 0.6 is 23.2 Å². The monoisotopic (exact) mass is 515 g/mol. The van der Waals surface area contributed by atoms with E-state index in [2.05, 4.69) is 37.1 Å². The van der Waals surface area contributed by atoms with E-state index in [0.29, 0.717) is 22.7 Å². The van der Waals surface area contributed by atoms with Gasteiger partial charge in [0.15, 0.2) is 0 Å². The van der Waals surface area contributed by atoms with Crippen molar-refractivity contribution in [2.75, 3.05) is 44.2 Å². The molecule has 3 heterocycles. The van der Waals surface area contributed by atoms with Crippen LogP contribution in [0.1, 0.15) is 54.4 Å². The van der Waals surface area contributed by atoms with Gasteiger partial charge in [0.2, 0.25) is 0 Å². The Morgan fingerprint density at radius 1 is 0.943 bits per heavy atom. The van der Waals surface area contributed by atoms with Crippen LogP contribution in [-0.4, -0.2) is 72.0 Å². The molecule has 0 spiro atoms. The van der Waals surface area contributed by atoms with E-state index in [1.165, 1.54) is 31.2 Å². The second-order valence-electron chi connectivity index (χ2n) is 10.1. The number of aromatic nitrogens is 1. The number of nitrogens with zero attached hydrogens (tertiary/aromatic N) is 4. The molecule has 5 rings (SSSR count). The number of piperazine rings is 1. The molecule has 2 aromatic rings. The molecule has 1 amide bonds. The number of pyridine rings is 1. The maximum absolute atomic E-state index is 12.6. The molecule has 3 aliphatic rings. The fraction of sp³-hybridized carbons (Fsp3) is 0.556. The molecule has 1 aromatic carbocycles. The number of hydrogen-bond acceptors (Lipinski definition) is 5. The Kier molecular flexibility index (Phi) is 8.13. The van der Waals surface area contributed by atoms with Crippen LogP contribution in [0.3, 0.4) is 0 Å². The van der Waals surface area contributed by atoms with E-state index in [9.17, 15) is 4.79 Å². The third kappa shape index (κ3) is 6.29. The second kappa shape index (κ2) is 11.5. The van der Waals surface area contributed by atoms with E-state index in [0.717, 1.165) is 69.5 Å². The van der Waals surface area contributed by atoms with Gasteiger partial charge in [-0.1, -0.05) is 48.2 Å². The number of carbonyl (C=O) groups is 1. The van der Waals surface area contributed by atoms with Gasteiger partial charge >= 0.3 is 0 Å². The van der Waals surface area contributed by atoms with Crippen molar-refractivity contribution in [2.24, 2.45) is 0 Å². The van der Waals surface area contributed by atoms with Gasteiger partial charge in [0, 0.05) is 56.0 Å². The van der Waals surface area contributed by atoms with Gasteiger partial charge in [0.05, 0.1) is 10.6 Å². The maximum Gasteiger partial charge on any atom is 0.253 e. The Balaban J connectivity index is 1.09. The molecule has 0 unspecified atom stereocenters. The zero-order chi connectivity index (χ0) is 24.2. The summed E-state index contributed by atoms with van der Waals surface area (Å²) < 4.78 is 0. The quantitative estimate of drug-likeness (QED) is 0.595. The molecule has 1 saturated carbocycles. The van der Waals surface area contributed by atoms with Crippen LogP contribution in [0.2, 0.25) is 10.0 Å². The molecule has 8 heteroatoms. The minimum atomic E-state index is -0.0647. The van der Waals surface area contributed by atoms with Crippen LogP contribution < -0.4 is 10.2 Å².